The Bertz CT molecular complexity index is 2360. The quantitative estimate of drug-likeness (QED) is 0.0331. The molecule has 0 aromatic heterocycles. The monoisotopic (exact) mass is 1390 g/mol. The molecule has 0 spiro atoms. The van der Waals surface area contributed by atoms with Crippen LogP contribution in [0.3, 0.4) is 0 Å². The molecule has 0 radical (unpaired) electrons. The minimum absolute atomic E-state index is 0.0363. The van der Waals surface area contributed by atoms with E-state index in [1.807, 2.05) is 20.8 Å². The van der Waals surface area contributed by atoms with Gasteiger partial charge in [-0.1, -0.05) is 72.6 Å². The van der Waals surface area contributed by atoms with E-state index in [2.05, 4.69) is 92.2 Å². The molecule has 2 heterocycles. The number of unbranched alkanes of at least 4 members (excludes halogenated alkanes) is 7. The van der Waals surface area contributed by atoms with Crippen molar-refractivity contribution in [2.45, 2.75) is 181 Å². The van der Waals surface area contributed by atoms with E-state index in [0.29, 0.717) is 84.5 Å². The number of piperazine rings is 2. The molecular weight excluding hydrogens is 1260 g/mol. The van der Waals surface area contributed by atoms with Gasteiger partial charge in [0, 0.05) is 201 Å². The molecule has 0 aromatic rings. The molecule has 2 aliphatic heterocycles. The lowest BCUT2D eigenvalue weighted by Crippen LogP contribution is -2.56. The van der Waals surface area contributed by atoms with Gasteiger partial charge in [0.25, 0.3) is 0 Å². The fraction of sp³-hybridized carbons (Fsp3) is 0.826. The van der Waals surface area contributed by atoms with E-state index < -0.39 is 145 Å². The van der Waals surface area contributed by atoms with E-state index in [-0.39, 0.29) is 51.5 Å². The standard InChI is InChI=1S/C69H129N17O12/c1-7-11-14-16-23-74-63(92)51-59(69(98)82-58(68(97)80-32-30-73-28-21-71)50-57(88)45-54(66(95)77-22-13-9-3)48-62(91)76-31-29-72-27-20-70)81-64(93)49-55(67(96)78-24-17-15-12-8-2)46-60(89)53(47-61(90)75-25-18-33-85-39-35-83(5)36-40-85)44-56(87)43-52(10-4)65(94)79-26-19-34-86-41-37-84(6)38-42-86/h52-55,58-59,72-73H,7-51,70-71H2,1-6H3,(H,74,92)(H,75,90)(H,76,91)(H,77,95)(H,78,96)(H,79,94)(H,80,97)(H,81,93)(H,82,98). The second kappa shape index (κ2) is 54.7. The van der Waals surface area contributed by atoms with Crippen LogP contribution in [0.15, 0.2) is 0 Å². The largest absolute Gasteiger partial charge is 0.356 e. The molecule has 9 amide bonds. The smallest absolute Gasteiger partial charge is 0.243 e. The fourth-order valence-electron chi connectivity index (χ4n) is 11.6. The predicted octanol–water partition coefficient (Wildman–Crippen LogP) is -0.805. The van der Waals surface area contributed by atoms with E-state index >= 15 is 0 Å². The maximum Gasteiger partial charge on any atom is 0.243 e. The highest BCUT2D eigenvalue weighted by molar-refractivity contribution is 5.99. The summed E-state index contributed by atoms with van der Waals surface area (Å²) >= 11 is 0. The first-order valence-corrected chi connectivity index (χ1v) is 36.9. The summed E-state index contributed by atoms with van der Waals surface area (Å²) in [6, 6.07) is -3.33. The van der Waals surface area contributed by atoms with Gasteiger partial charge in [-0.2, -0.15) is 0 Å². The number of likely N-dealkylation sites (N-methyl/N-ethyl adjacent to an activating group) is 2. The third-order valence-corrected chi connectivity index (χ3v) is 17.8. The number of ketones is 3. The number of Topliss-reactive ketones (excluding diaryl/α,β-unsaturated/α-hetero) is 3. The lowest BCUT2D eigenvalue weighted by molar-refractivity contribution is -0.138. The van der Waals surface area contributed by atoms with Crippen molar-refractivity contribution in [2.75, 3.05) is 165 Å². The summed E-state index contributed by atoms with van der Waals surface area (Å²) in [5.41, 5.74) is 11.2. The molecule has 2 rings (SSSR count). The molecule has 0 aliphatic carbocycles. The number of nitrogens with two attached hydrogens (primary N) is 2. The number of hydrogen-bond acceptors (Lipinski definition) is 20. The van der Waals surface area contributed by atoms with Gasteiger partial charge in [-0.15, -0.1) is 0 Å². The Morgan fingerprint density at radius 2 is 0.714 bits per heavy atom. The summed E-state index contributed by atoms with van der Waals surface area (Å²) in [5.74, 6) is -12.1. The second-order valence-corrected chi connectivity index (χ2v) is 26.5. The normalized spacial score (nSPS) is 15.7. The minimum Gasteiger partial charge on any atom is -0.356 e. The van der Waals surface area contributed by atoms with Crippen LogP contribution in [-0.4, -0.2) is 267 Å². The van der Waals surface area contributed by atoms with Crippen LogP contribution in [0.2, 0.25) is 0 Å². The SMILES string of the molecule is CCCCCCNC(=O)CC(NC(=O)CC(CC(=O)C(CC(=O)CC(CC)C(=O)NCCCN1CCN(C)CC1)CC(=O)NCCCN1CCN(C)CC1)C(=O)NCCCCCC)C(=O)NC(CC(=O)CC(CC(=O)NCCNCCN)C(=O)NCCCC)C(=O)NCCNCCN. The summed E-state index contributed by atoms with van der Waals surface area (Å²) in [6.45, 7) is 21.0. The summed E-state index contributed by atoms with van der Waals surface area (Å²) in [7, 11) is 4.16. The molecule has 0 aromatic carbocycles. The molecule has 29 heteroatoms. The number of nitrogens with zero attached hydrogens (tertiary/aromatic N) is 4. The summed E-state index contributed by atoms with van der Waals surface area (Å²) < 4.78 is 0. The zero-order chi connectivity index (χ0) is 72.3. The molecular formula is C69H129N17O12. The van der Waals surface area contributed by atoms with Crippen LogP contribution in [-0.2, 0) is 57.5 Å². The van der Waals surface area contributed by atoms with Gasteiger partial charge in [-0.25, -0.2) is 0 Å². The maximum absolute atomic E-state index is 14.9. The third kappa shape index (κ3) is 41.5. The van der Waals surface area contributed by atoms with Crippen LogP contribution in [0.25, 0.3) is 0 Å². The Hall–Kier alpha value is -6.08. The number of carbonyl (C=O) groups is 12. The average molecular weight is 1390 g/mol. The Kier molecular flexibility index (Phi) is 49.1. The summed E-state index contributed by atoms with van der Waals surface area (Å²) in [4.78, 5) is 178. The zero-order valence-electron chi connectivity index (χ0n) is 60.6. The molecule has 98 heavy (non-hydrogen) atoms. The molecule has 15 N–H and O–H groups in total. The van der Waals surface area contributed by atoms with Gasteiger partial charge in [0.15, 0.2) is 0 Å². The van der Waals surface area contributed by atoms with Crippen molar-refractivity contribution in [3.05, 3.63) is 0 Å². The number of nitrogens with one attached hydrogen (secondary N) is 11. The van der Waals surface area contributed by atoms with Gasteiger partial charge in [-0.05, 0) is 65.7 Å². The van der Waals surface area contributed by atoms with Crippen LogP contribution in [0, 0.1) is 23.7 Å². The van der Waals surface area contributed by atoms with Crippen LogP contribution >= 0.6 is 0 Å². The van der Waals surface area contributed by atoms with Crippen molar-refractivity contribution >= 4 is 70.5 Å². The Balaban J connectivity index is 2.56. The van der Waals surface area contributed by atoms with Gasteiger partial charge in [-0.3, -0.25) is 57.5 Å². The third-order valence-electron chi connectivity index (χ3n) is 17.8. The summed E-state index contributed by atoms with van der Waals surface area (Å²) in [5, 5.41) is 31.1. The number of rotatable bonds is 58. The van der Waals surface area contributed by atoms with Crippen LogP contribution < -0.4 is 70.0 Å². The van der Waals surface area contributed by atoms with Crippen LogP contribution in [0.1, 0.15) is 169 Å². The van der Waals surface area contributed by atoms with Gasteiger partial charge in [0.2, 0.25) is 53.2 Å². The molecule has 29 nitrogen and oxygen atoms in total. The molecule has 6 unspecified atom stereocenters. The van der Waals surface area contributed by atoms with Gasteiger partial charge in [0.05, 0.1) is 18.3 Å². The van der Waals surface area contributed by atoms with Gasteiger partial charge >= 0.3 is 0 Å². The van der Waals surface area contributed by atoms with Gasteiger partial charge in [0.1, 0.15) is 29.4 Å². The molecule has 562 valence electrons. The van der Waals surface area contributed by atoms with Crippen molar-refractivity contribution in [2.24, 2.45) is 35.1 Å². The lowest BCUT2D eigenvalue weighted by atomic mass is 9.84. The molecule has 2 aliphatic rings. The van der Waals surface area contributed by atoms with E-state index in [0.717, 1.165) is 117 Å². The summed E-state index contributed by atoms with van der Waals surface area (Å²) in [6.07, 6.45) is 5.15. The van der Waals surface area contributed by atoms with E-state index in [9.17, 15) is 57.5 Å². The molecule has 0 saturated carbocycles. The highest BCUT2D eigenvalue weighted by Crippen LogP contribution is 2.23. The van der Waals surface area contributed by atoms with Crippen LogP contribution in [0.4, 0.5) is 0 Å². The van der Waals surface area contributed by atoms with Gasteiger partial charge < -0.3 is 89.6 Å². The first kappa shape index (κ1) is 88.0. The van der Waals surface area contributed by atoms with Crippen molar-refractivity contribution < 1.29 is 57.5 Å². The molecule has 6 atom stereocenters. The van der Waals surface area contributed by atoms with Crippen molar-refractivity contribution in [1.82, 2.24) is 78.1 Å². The van der Waals surface area contributed by atoms with E-state index in [4.69, 9.17) is 11.5 Å². The predicted molar refractivity (Wildman–Crippen MR) is 380 cm³/mol. The highest BCUT2D eigenvalue weighted by atomic mass is 16.2. The van der Waals surface area contributed by atoms with Crippen molar-refractivity contribution in [1.29, 1.82) is 0 Å². The molecule has 2 fully saturated rings. The Labute approximate surface area is 584 Å². The van der Waals surface area contributed by atoms with E-state index in [1.165, 1.54) is 0 Å². The fourth-order valence-corrected chi connectivity index (χ4v) is 11.6. The first-order valence-electron chi connectivity index (χ1n) is 36.9. The second-order valence-electron chi connectivity index (χ2n) is 26.5. The zero-order valence-corrected chi connectivity index (χ0v) is 60.6. The average Bonchev–Trinajstić information content (AvgIpc) is 0.880. The lowest BCUT2D eigenvalue weighted by Gasteiger charge is -2.32. The number of carbonyl (C=O) groups excluding carboxylic acids is 12. The highest BCUT2D eigenvalue weighted by Gasteiger charge is 2.36. The topological polar surface area (TPSA) is 402 Å². The first-order chi connectivity index (χ1) is 47.2. The Morgan fingerprint density at radius 1 is 0.327 bits per heavy atom. The Morgan fingerprint density at radius 3 is 1.23 bits per heavy atom. The molecule has 2 saturated heterocycles. The van der Waals surface area contributed by atoms with Crippen molar-refractivity contribution in [3.63, 3.8) is 0 Å². The van der Waals surface area contributed by atoms with Crippen LogP contribution in [0.5, 0.6) is 0 Å². The number of hydrogen-bond donors (Lipinski definition) is 13. The molecule has 0 bridgehead atoms. The maximum atomic E-state index is 14.9. The van der Waals surface area contributed by atoms with E-state index in [1.54, 1.807) is 6.92 Å². The van der Waals surface area contributed by atoms with Crippen molar-refractivity contribution in [3.8, 4) is 0 Å². The minimum atomic E-state index is -1.71. The number of amides is 9.